The van der Waals surface area contributed by atoms with E-state index in [9.17, 15) is 5.11 Å². The van der Waals surface area contributed by atoms with Crippen LogP contribution in [-0.2, 0) is 31.9 Å². The molecule has 55 heavy (non-hydrogen) atoms. The molecule has 2 aromatic heterocycles. The Labute approximate surface area is 342 Å². The van der Waals surface area contributed by atoms with Gasteiger partial charge in [0.1, 0.15) is 11.6 Å². The maximum absolute atomic E-state index is 11.4. The molecule has 4 nitrogen and oxygen atoms in total. The van der Waals surface area contributed by atoms with Gasteiger partial charge in [-0.3, -0.25) is 9.55 Å². The van der Waals surface area contributed by atoms with Gasteiger partial charge in [-0.05, 0) is 69.2 Å². The fraction of sp³-hybridized carbons (Fsp3) is 0.280. The number of hydrogen-bond donors (Lipinski definition) is 1. The van der Waals surface area contributed by atoms with Crippen LogP contribution in [0.5, 0.6) is 5.75 Å². The van der Waals surface area contributed by atoms with Crippen LogP contribution in [0.2, 0.25) is 0 Å². The van der Waals surface area contributed by atoms with Gasteiger partial charge in [0.2, 0.25) is 0 Å². The Morgan fingerprint density at radius 1 is 0.618 bits per heavy atom. The van der Waals surface area contributed by atoms with E-state index in [1.165, 1.54) is 22.3 Å². The summed E-state index contributed by atoms with van der Waals surface area (Å²) in [6.45, 7) is 22.6. The normalized spacial score (nSPS) is 12.1. The average molecular weight is 906 g/mol. The number of aromatic hydroxyl groups is 1. The number of pyridine rings is 1. The predicted octanol–water partition coefficient (Wildman–Crippen LogP) is 13.4. The van der Waals surface area contributed by atoms with E-state index in [-0.39, 0.29) is 49.5 Å². The first kappa shape index (κ1) is 39.9. The number of para-hydroxylation sites is 3. The van der Waals surface area contributed by atoms with Crippen molar-refractivity contribution >= 4 is 11.0 Å². The zero-order valence-corrected chi connectivity index (χ0v) is 36.0. The zero-order valence-electron chi connectivity index (χ0n) is 33.7. The summed E-state index contributed by atoms with van der Waals surface area (Å²) in [5, 5.41) is 11.4. The molecule has 0 fully saturated rings. The van der Waals surface area contributed by atoms with E-state index < -0.39 is 0 Å². The smallest absolute Gasteiger partial charge is 0.148 e. The SMILES string of the molecule is CC(C)c1cccc(C(C)C)c1-n1c(-c2ccccc2O)nc2c(-c3[c-]c(-c4cc(-c5ccccc5)ccn4)c(C(C)(C)C)cc3C(C)(C)C)cccc21.[Pt]. The van der Waals surface area contributed by atoms with Crippen LogP contribution in [0, 0.1) is 6.07 Å². The number of fused-ring (bicyclic) bond motifs is 1. The first-order valence-corrected chi connectivity index (χ1v) is 19.2. The molecule has 0 aliphatic rings. The van der Waals surface area contributed by atoms with Gasteiger partial charge < -0.3 is 5.11 Å². The molecular formula is C50H52N3OPt-. The molecule has 5 heteroatoms. The Morgan fingerprint density at radius 3 is 1.82 bits per heavy atom. The standard InChI is InChI=1S/C50H52N3O.Pt/c1-31(2)35-21-16-22-36(32(3)4)47(35)53-44-24-17-23-37(46(44)52-48(53)38-20-14-15-25-45(38)54)39-29-40(42(50(8,9)10)30-41(39)49(5,6)7)43-28-34(26-27-51-43)33-18-12-11-13-19-33;/h11-28,30-32,54H,1-10H3;/q-1;. The molecular weight excluding hydrogens is 854 g/mol. The Balaban J connectivity index is 0.00000514. The minimum Gasteiger partial charge on any atom is -0.507 e. The summed E-state index contributed by atoms with van der Waals surface area (Å²) in [5.41, 5.74) is 14.4. The molecule has 0 aliphatic carbocycles. The van der Waals surface area contributed by atoms with Crippen molar-refractivity contribution in [3.8, 4) is 56.3 Å². The van der Waals surface area contributed by atoms with E-state index in [1.54, 1.807) is 6.07 Å². The molecule has 0 amide bonds. The molecule has 0 radical (unpaired) electrons. The molecule has 5 aromatic carbocycles. The van der Waals surface area contributed by atoms with E-state index in [2.05, 4.69) is 159 Å². The zero-order chi connectivity index (χ0) is 38.5. The van der Waals surface area contributed by atoms with E-state index >= 15 is 0 Å². The molecule has 284 valence electrons. The van der Waals surface area contributed by atoms with Gasteiger partial charge in [0, 0.05) is 33.0 Å². The molecule has 0 atom stereocenters. The van der Waals surface area contributed by atoms with E-state index in [0.717, 1.165) is 50.2 Å². The van der Waals surface area contributed by atoms with Crippen LogP contribution in [0.1, 0.15) is 103 Å². The predicted molar refractivity (Wildman–Crippen MR) is 227 cm³/mol. The van der Waals surface area contributed by atoms with Crippen molar-refractivity contribution in [1.29, 1.82) is 0 Å². The number of nitrogens with zero attached hydrogens (tertiary/aromatic N) is 3. The van der Waals surface area contributed by atoms with Crippen LogP contribution >= 0.6 is 0 Å². The van der Waals surface area contributed by atoms with Gasteiger partial charge in [0.05, 0.1) is 22.3 Å². The van der Waals surface area contributed by atoms with Crippen molar-refractivity contribution in [2.24, 2.45) is 0 Å². The maximum atomic E-state index is 11.4. The van der Waals surface area contributed by atoms with Crippen LogP contribution in [0.25, 0.3) is 61.6 Å². The van der Waals surface area contributed by atoms with E-state index in [0.29, 0.717) is 11.4 Å². The van der Waals surface area contributed by atoms with Gasteiger partial charge in [-0.25, -0.2) is 4.98 Å². The van der Waals surface area contributed by atoms with Gasteiger partial charge in [-0.2, -0.15) is 0 Å². The van der Waals surface area contributed by atoms with Crippen molar-refractivity contribution in [1.82, 2.24) is 14.5 Å². The van der Waals surface area contributed by atoms with Crippen molar-refractivity contribution < 1.29 is 26.2 Å². The molecule has 7 rings (SSSR count). The van der Waals surface area contributed by atoms with Gasteiger partial charge in [-0.15, -0.1) is 28.8 Å². The second-order valence-electron chi connectivity index (χ2n) is 17.2. The summed E-state index contributed by atoms with van der Waals surface area (Å²) >= 11 is 0. The maximum Gasteiger partial charge on any atom is 0.148 e. The average Bonchev–Trinajstić information content (AvgIpc) is 3.53. The summed E-state index contributed by atoms with van der Waals surface area (Å²) in [5.74, 6) is 1.45. The fourth-order valence-corrected chi connectivity index (χ4v) is 7.66. The van der Waals surface area contributed by atoms with Crippen LogP contribution in [0.3, 0.4) is 0 Å². The van der Waals surface area contributed by atoms with Crippen molar-refractivity contribution in [3.63, 3.8) is 0 Å². The van der Waals surface area contributed by atoms with Gasteiger partial charge in [0.25, 0.3) is 0 Å². The topological polar surface area (TPSA) is 50.9 Å². The summed E-state index contributed by atoms with van der Waals surface area (Å²) in [4.78, 5) is 10.5. The fourth-order valence-electron chi connectivity index (χ4n) is 7.66. The van der Waals surface area contributed by atoms with E-state index in [4.69, 9.17) is 9.97 Å². The third-order valence-electron chi connectivity index (χ3n) is 10.5. The molecule has 0 bridgehead atoms. The Kier molecular flexibility index (Phi) is 11.2. The summed E-state index contributed by atoms with van der Waals surface area (Å²) in [6.07, 6.45) is 1.91. The van der Waals surface area contributed by atoms with Crippen LogP contribution in [0.15, 0.2) is 115 Å². The number of aromatic nitrogens is 3. The van der Waals surface area contributed by atoms with Crippen molar-refractivity contribution in [2.45, 2.75) is 91.9 Å². The largest absolute Gasteiger partial charge is 0.507 e. The first-order valence-electron chi connectivity index (χ1n) is 19.2. The molecule has 0 unspecified atom stereocenters. The van der Waals surface area contributed by atoms with Crippen molar-refractivity contribution in [2.75, 3.05) is 0 Å². The van der Waals surface area contributed by atoms with Crippen LogP contribution < -0.4 is 0 Å². The Hall–Kier alpha value is -4.79. The number of imidazole rings is 1. The number of benzene rings is 5. The van der Waals surface area contributed by atoms with Crippen LogP contribution in [0.4, 0.5) is 0 Å². The molecule has 0 saturated heterocycles. The molecule has 2 heterocycles. The minimum absolute atomic E-state index is 0. The first-order chi connectivity index (χ1) is 25.6. The Bertz CT molecular complexity index is 2450. The number of hydrogen-bond acceptors (Lipinski definition) is 3. The number of rotatable bonds is 7. The Morgan fingerprint density at radius 2 is 1.20 bits per heavy atom. The molecule has 1 N–H and O–H groups in total. The third-order valence-corrected chi connectivity index (χ3v) is 10.5. The summed E-state index contributed by atoms with van der Waals surface area (Å²) in [6, 6.07) is 41.8. The minimum atomic E-state index is -0.204. The van der Waals surface area contributed by atoms with E-state index in [1.807, 2.05) is 30.5 Å². The van der Waals surface area contributed by atoms with Crippen molar-refractivity contribution in [3.05, 3.63) is 144 Å². The number of phenolic OH excluding ortho intramolecular Hbond substituents is 1. The molecule has 0 spiro atoms. The molecule has 0 aliphatic heterocycles. The number of phenols is 1. The van der Waals surface area contributed by atoms with Crippen LogP contribution in [-0.4, -0.2) is 19.6 Å². The quantitative estimate of drug-likeness (QED) is 0.162. The second kappa shape index (κ2) is 15.4. The second-order valence-corrected chi connectivity index (χ2v) is 17.2. The van der Waals surface area contributed by atoms with Gasteiger partial charge in [0.15, 0.2) is 0 Å². The monoisotopic (exact) mass is 905 g/mol. The van der Waals surface area contributed by atoms with Gasteiger partial charge in [-0.1, -0.05) is 159 Å². The van der Waals surface area contributed by atoms with Gasteiger partial charge >= 0.3 is 0 Å². The third kappa shape index (κ3) is 7.59. The molecule has 7 aromatic rings. The molecule has 0 saturated carbocycles. The summed E-state index contributed by atoms with van der Waals surface area (Å²) < 4.78 is 2.30. The summed E-state index contributed by atoms with van der Waals surface area (Å²) in [7, 11) is 0.